The predicted octanol–water partition coefficient (Wildman–Crippen LogP) is 3.52. The van der Waals surface area contributed by atoms with Gasteiger partial charge in [-0.25, -0.2) is 8.78 Å². The molecule has 0 heterocycles. The molecule has 4 aliphatic carbocycles. The zero-order valence-electron chi connectivity index (χ0n) is 21.1. The molecule has 3 fully saturated rings. The van der Waals surface area contributed by atoms with Crippen molar-refractivity contribution in [3.8, 4) is 0 Å². The molecular weight excluding hydrogens is 474 g/mol. The summed E-state index contributed by atoms with van der Waals surface area (Å²) in [6.07, 6.45) is 0.783. The van der Waals surface area contributed by atoms with Gasteiger partial charge in [-0.1, -0.05) is 19.9 Å². The molecule has 1 N–H and O–H groups in total. The van der Waals surface area contributed by atoms with Crippen molar-refractivity contribution in [2.75, 3.05) is 6.61 Å². The van der Waals surface area contributed by atoms with Gasteiger partial charge in [0.25, 0.3) is 0 Å². The Bertz CT molecular complexity index is 1050. The fraction of sp³-hybridized carbons (Fsp3) is 0.704. The minimum Gasteiger partial charge on any atom is -0.458 e. The summed E-state index contributed by atoms with van der Waals surface area (Å²) in [6.45, 7) is 5.50. The molecule has 1 unspecified atom stereocenters. The first-order valence-electron chi connectivity index (χ1n) is 12.6. The number of rotatable bonds is 6. The maximum absolute atomic E-state index is 17.2. The van der Waals surface area contributed by atoms with Crippen LogP contribution in [0.2, 0.25) is 0 Å². The lowest BCUT2D eigenvalue weighted by molar-refractivity contribution is -0.229. The van der Waals surface area contributed by atoms with Crippen molar-refractivity contribution in [1.29, 1.82) is 0 Å². The van der Waals surface area contributed by atoms with Crippen LogP contribution in [0.25, 0.3) is 0 Å². The minimum atomic E-state index is -2.30. The summed E-state index contributed by atoms with van der Waals surface area (Å²) in [7, 11) is 0. The van der Waals surface area contributed by atoms with Crippen molar-refractivity contribution in [3.63, 3.8) is 0 Å². The van der Waals surface area contributed by atoms with Crippen LogP contribution in [0, 0.1) is 22.7 Å². The number of carbonyl (C=O) groups is 4. The van der Waals surface area contributed by atoms with Crippen molar-refractivity contribution in [1.82, 2.24) is 0 Å². The van der Waals surface area contributed by atoms with Gasteiger partial charge in [0.05, 0.1) is 6.10 Å². The summed E-state index contributed by atoms with van der Waals surface area (Å²) in [4.78, 5) is 49.6. The fourth-order valence-corrected chi connectivity index (χ4v) is 7.61. The quantitative estimate of drug-likeness (QED) is 0.547. The Balaban J connectivity index is 1.80. The molecule has 4 rings (SSSR count). The zero-order valence-corrected chi connectivity index (χ0v) is 21.1. The first-order chi connectivity index (χ1) is 16.8. The van der Waals surface area contributed by atoms with E-state index >= 15 is 8.78 Å². The highest BCUT2D eigenvalue weighted by Gasteiger charge is 2.76. The van der Waals surface area contributed by atoms with E-state index in [1.54, 1.807) is 13.8 Å². The second-order valence-corrected chi connectivity index (χ2v) is 11.2. The number of ketones is 2. The van der Waals surface area contributed by atoms with Crippen LogP contribution in [0.1, 0.15) is 66.2 Å². The minimum absolute atomic E-state index is 0.0148. The third-order valence-electron chi connectivity index (χ3n) is 9.35. The van der Waals surface area contributed by atoms with Crippen LogP contribution in [0.5, 0.6) is 0 Å². The smallest absolute Gasteiger partial charge is 0.306 e. The predicted molar refractivity (Wildman–Crippen MR) is 124 cm³/mol. The van der Waals surface area contributed by atoms with E-state index in [1.807, 2.05) is 0 Å². The summed E-state index contributed by atoms with van der Waals surface area (Å²) in [5, 5.41) is 11.4. The van der Waals surface area contributed by atoms with E-state index in [0.29, 0.717) is 6.42 Å². The number of carbonyl (C=O) groups excluding carboxylic acids is 4. The van der Waals surface area contributed by atoms with Crippen molar-refractivity contribution < 1.29 is 42.5 Å². The van der Waals surface area contributed by atoms with Gasteiger partial charge < -0.3 is 14.6 Å². The number of hydrogen-bond acceptors (Lipinski definition) is 7. The molecule has 36 heavy (non-hydrogen) atoms. The lowest BCUT2D eigenvalue weighted by atomic mass is 9.44. The van der Waals surface area contributed by atoms with Gasteiger partial charge in [0.2, 0.25) is 5.78 Å². The molecule has 0 aromatic carbocycles. The fourth-order valence-electron chi connectivity index (χ4n) is 7.61. The summed E-state index contributed by atoms with van der Waals surface area (Å²) in [5.74, 6) is -3.96. The normalized spacial score (nSPS) is 43.1. The highest BCUT2D eigenvalue weighted by atomic mass is 19.1. The molecule has 0 aromatic rings. The lowest BCUT2D eigenvalue weighted by Crippen LogP contribution is -2.70. The van der Waals surface area contributed by atoms with Crippen molar-refractivity contribution in [3.05, 3.63) is 23.8 Å². The van der Waals surface area contributed by atoms with Crippen LogP contribution in [0.3, 0.4) is 0 Å². The van der Waals surface area contributed by atoms with E-state index < -0.39 is 76.3 Å². The average molecular weight is 509 g/mol. The van der Waals surface area contributed by atoms with Crippen LogP contribution in [-0.4, -0.2) is 58.8 Å². The highest BCUT2D eigenvalue weighted by Crippen LogP contribution is 2.70. The first kappa shape index (κ1) is 26.6. The monoisotopic (exact) mass is 508 g/mol. The van der Waals surface area contributed by atoms with Crippen LogP contribution in [0.4, 0.5) is 8.78 Å². The molecule has 0 aliphatic heterocycles. The van der Waals surface area contributed by atoms with Gasteiger partial charge in [-0.05, 0) is 62.7 Å². The van der Waals surface area contributed by atoms with Gasteiger partial charge in [0, 0.05) is 30.1 Å². The van der Waals surface area contributed by atoms with Gasteiger partial charge >= 0.3 is 11.9 Å². The van der Waals surface area contributed by atoms with Gasteiger partial charge in [-0.15, -0.1) is 0 Å². The Kier molecular flexibility index (Phi) is 6.55. The number of halogens is 2. The van der Waals surface area contributed by atoms with Gasteiger partial charge in [-0.3, -0.25) is 19.2 Å². The molecule has 198 valence electrons. The van der Waals surface area contributed by atoms with Crippen molar-refractivity contribution in [2.24, 2.45) is 22.7 Å². The molecule has 0 saturated heterocycles. The number of Topliss-reactive ketones (excluding diaryl/α,β-unsaturated/α-hetero) is 1. The van der Waals surface area contributed by atoms with E-state index in [1.165, 1.54) is 19.1 Å². The van der Waals surface area contributed by atoms with Crippen LogP contribution in [0.15, 0.2) is 23.8 Å². The summed E-state index contributed by atoms with van der Waals surface area (Å²) < 4.78 is 43.6. The molecule has 0 spiro atoms. The Morgan fingerprint density at radius 1 is 1.22 bits per heavy atom. The topological polar surface area (TPSA) is 107 Å². The molecule has 0 aromatic heterocycles. The van der Waals surface area contributed by atoms with Crippen LogP contribution < -0.4 is 0 Å². The molecular formula is C27H34F2O7. The number of aliphatic hydroxyl groups is 1. The van der Waals surface area contributed by atoms with Crippen molar-refractivity contribution >= 4 is 23.5 Å². The van der Waals surface area contributed by atoms with Gasteiger partial charge in [-0.2, -0.15) is 0 Å². The zero-order chi connectivity index (χ0) is 26.7. The Morgan fingerprint density at radius 3 is 2.56 bits per heavy atom. The molecule has 9 heteroatoms. The summed E-state index contributed by atoms with van der Waals surface area (Å²) in [5.41, 5.74) is -6.80. The first-order valence-corrected chi connectivity index (χ1v) is 12.6. The van der Waals surface area contributed by atoms with Crippen LogP contribution >= 0.6 is 0 Å². The Labute approximate surface area is 209 Å². The Morgan fingerprint density at radius 2 is 1.92 bits per heavy atom. The number of ether oxygens (including phenoxy) is 2. The number of esters is 2. The maximum atomic E-state index is 17.2. The van der Waals surface area contributed by atoms with Crippen LogP contribution in [-0.2, 0) is 28.7 Å². The SMILES string of the molecule is CCCC(=O)O[C@]1(C(=O)COC(C)=O)CC[C@H]2[C@@H]3C[C@H](F)C4=CC(=O)C=C[C@]4(C)C3(F)[C@@H](O)C[C@@]21C. The molecule has 0 bridgehead atoms. The van der Waals surface area contributed by atoms with E-state index in [0.717, 1.165) is 13.0 Å². The molecule has 7 nitrogen and oxygen atoms in total. The summed E-state index contributed by atoms with van der Waals surface area (Å²) in [6, 6.07) is 0. The van der Waals surface area contributed by atoms with E-state index in [2.05, 4.69) is 0 Å². The van der Waals surface area contributed by atoms with Crippen molar-refractivity contribution in [2.45, 2.75) is 89.8 Å². The molecule has 3 saturated carbocycles. The number of aliphatic hydroxyl groups excluding tert-OH is 1. The number of hydrogen-bond donors (Lipinski definition) is 1. The van der Waals surface area contributed by atoms with Gasteiger partial charge in [0.15, 0.2) is 23.7 Å². The van der Waals surface area contributed by atoms with E-state index in [-0.39, 0.29) is 37.7 Å². The standard InChI is InChI=1S/C27H34F2O7/c1-5-6-23(34)36-26(22(33)14-35-15(2)30)10-8-17-18-12-20(28)19-11-16(31)7-9-24(19,3)27(18,29)21(32)13-25(17,26)4/h7,9,11,17-18,20-21,32H,5-6,8,10,12-14H2,1-4H3/t17-,18-,20-,21-,24-,25-,26-,27?/m0/s1. The maximum Gasteiger partial charge on any atom is 0.306 e. The molecule has 0 amide bonds. The third-order valence-corrected chi connectivity index (χ3v) is 9.35. The number of fused-ring (bicyclic) bond motifs is 5. The molecule has 4 aliphatic rings. The highest BCUT2D eigenvalue weighted by molar-refractivity contribution is 6.01. The van der Waals surface area contributed by atoms with E-state index in [4.69, 9.17) is 9.47 Å². The average Bonchev–Trinajstić information content (AvgIpc) is 3.08. The number of allylic oxidation sites excluding steroid dienone is 4. The number of alkyl halides is 2. The third kappa shape index (κ3) is 3.52. The second kappa shape index (κ2) is 8.85. The Hall–Kier alpha value is -2.42. The molecule has 8 atom stereocenters. The lowest BCUT2D eigenvalue weighted by Gasteiger charge is -2.63. The van der Waals surface area contributed by atoms with Gasteiger partial charge in [0.1, 0.15) is 6.17 Å². The largest absolute Gasteiger partial charge is 0.458 e. The second-order valence-electron chi connectivity index (χ2n) is 11.2. The van der Waals surface area contributed by atoms with E-state index in [9.17, 15) is 24.3 Å². The summed E-state index contributed by atoms with van der Waals surface area (Å²) >= 11 is 0. The molecule has 0 radical (unpaired) electrons.